The molecule has 40 heavy (non-hydrogen) atoms. The number of rotatable bonds is 6. The molecule has 2 atom stereocenters. The molecule has 5 rings (SSSR count). The number of carbonyl (C=O) groups is 1. The molecule has 1 aromatic carbocycles. The number of nitrogens with one attached hydrogen (secondary N) is 2. The van der Waals surface area contributed by atoms with E-state index < -0.39 is 24.3 Å². The molecule has 0 saturated heterocycles. The number of alkyl halides is 3. The maximum Gasteiger partial charge on any atom is 0.420 e. The number of aromatic nitrogens is 3. The molecule has 3 heterocycles. The molecule has 0 aliphatic heterocycles. The van der Waals surface area contributed by atoms with Crippen molar-refractivity contribution < 1.29 is 22.7 Å². The van der Waals surface area contributed by atoms with Gasteiger partial charge in [-0.05, 0) is 69.9 Å². The van der Waals surface area contributed by atoms with E-state index in [2.05, 4.69) is 26.7 Å². The Bertz CT molecular complexity index is 1600. The summed E-state index contributed by atoms with van der Waals surface area (Å²) in [6, 6.07) is 11.4. The summed E-state index contributed by atoms with van der Waals surface area (Å²) in [4.78, 5) is 21.9. The van der Waals surface area contributed by atoms with Crippen LogP contribution in [0, 0.1) is 11.3 Å². The van der Waals surface area contributed by atoms with Crippen molar-refractivity contribution in [1.29, 1.82) is 5.26 Å². The highest BCUT2D eigenvalue weighted by Gasteiger charge is 2.30. The molecule has 0 amide bonds. The number of halogens is 3. The van der Waals surface area contributed by atoms with Gasteiger partial charge in [-0.3, -0.25) is 0 Å². The first-order valence-electron chi connectivity index (χ1n) is 13.0. The van der Waals surface area contributed by atoms with E-state index in [0.29, 0.717) is 28.1 Å². The maximum atomic E-state index is 12.8. The van der Waals surface area contributed by atoms with Crippen LogP contribution in [0.25, 0.3) is 21.1 Å². The summed E-state index contributed by atoms with van der Waals surface area (Å²) in [5, 5.41) is 18.0. The molecule has 2 N–H and O–H groups in total. The number of carbonyl (C=O) groups excluding carboxylic acids is 1. The van der Waals surface area contributed by atoms with Crippen LogP contribution in [0.1, 0.15) is 56.2 Å². The quantitative estimate of drug-likeness (QED) is 0.272. The van der Waals surface area contributed by atoms with Gasteiger partial charge in [-0.2, -0.15) is 18.4 Å². The molecule has 4 aromatic rings. The Morgan fingerprint density at radius 1 is 1.18 bits per heavy atom. The molecule has 0 unspecified atom stereocenters. The third-order valence-corrected chi connectivity index (χ3v) is 7.72. The van der Waals surface area contributed by atoms with Crippen molar-refractivity contribution in [1.82, 2.24) is 19.9 Å². The lowest BCUT2D eigenvalue weighted by Crippen LogP contribution is -2.28. The lowest BCUT2D eigenvalue weighted by atomic mass is 10.1. The minimum atomic E-state index is -4.27. The fourth-order valence-electron chi connectivity index (χ4n) is 5.02. The minimum Gasteiger partial charge on any atom is -0.443 e. The van der Waals surface area contributed by atoms with Crippen LogP contribution >= 0.6 is 11.3 Å². The van der Waals surface area contributed by atoms with E-state index in [9.17, 15) is 23.2 Å². The third-order valence-electron chi connectivity index (χ3n) is 6.68. The van der Waals surface area contributed by atoms with E-state index in [1.165, 1.54) is 17.0 Å². The van der Waals surface area contributed by atoms with E-state index in [0.717, 1.165) is 41.5 Å². The van der Waals surface area contributed by atoms with Crippen LogP contribution in [0.2, 0.25) is 0 Å². The standard InChI is InChI=1S/C28H29F3N6O2S/c1-27(2,3)39-26(38)37-20(13-32)9-17-8-16(4-7-23(17)37)14-33-18-5-6-19(10-18)36-24-22-11-21(12-28(29,30)31)40-25(22)35-15-34-24/h4,7-9,11,15,18-19,33H,5-6,10,12,14H2,1-3H3,(H,34,35,36)/t18-,19-/m1/s1. The second-order valence-corrected chi connectivity index (χ2v) is 12.1. The summed E-state index contributed by atoms with van der Waals surface area (Å²) < 4.78 is 45.3. The Morgan fingerprint density at radius 2 is 1.95 bits per heavy atom. The van der Waals surface area contributed by atoms with Crippen LogP contribution in [-0.4, -0.2) is 44.5 Å². The summed E-state index contributed by atoms with van der Waals surface area (Å²) in [7, 11) is 0. The van der Waals surface area contributed by atoms with E-state index >= 15 is 0 Å². The first-order chi connectivity index (χ1) is 18.9. The molecule has 0 spiro atoms. The number of hydrogen-bond acceptors (Lipinski definition) is 8. The first-order valence-corrected chi connectivity index (χ1v) is 13.8. The number of thiophene rings is 1. The highest BCUT2D eigenvalue weighted by atomic mass is 32.1. The monoisotopic (exact) mass is 570 g/mol. The van der Waals surface area contributed by atoms with Gasteiger partial charge in [0.2, 0.25) is 0 Å². The molecule has 3 aromatic heterocycles. The molecule has 1 aliphatic carbocycles. The SMILES string of the molecule is CC(C)(C)OC(=O)n1c(C#N)cc2cc(CN[C@@H]3CC[C@@H](Nc4ncnc5sc(CC(F)(F)F)cc45)C3)ccc21. The fourth-order valence-corrected chi connectivity index (χ4v) is 6.05. The summed E-state index contributed by atoms with van der Waals surface area (Å²) in [5.74, 6) is 0.563. The fraction of sp³-hybridized carbons (Fsp3) is 0.429. The summed E-state index contributed by atoms with van der Waals surface area (Å²) in [6.45, 7) is 5.94. The number of nitriles is 1. The van der Waals surface area contributed by atoms with E-state index in [1.807, 2.05) is 18.2 Å². The molecular weight excluding hydrogens is 541 g/mol. The maximum absolute atomic E-state index is 12.8. The van der Waals surface area contributed by atoms with Gasteiger partial charge in [0, 0.05) is 28.9 Å². The van der Waals surface area contributed by atoms with Gasteiger partial charge >= 0.3 is 12.3 Å². The Hall–Kier alpha value is -3.69. The van der Waals surface area contributed by atoms with Gasteiger partial charge in [0.25, 0.3) is 0 Å². The molecule has 0 bridgehead atoms. The lowest BCUT2D eigenvalue weighted by molar-refractivity contribution is -0.126. The van der Waals surface area contributed by atoms with Gasteiger partial charge in [-0.25, -0.2) is 19.3 Å². The molecule has 1 saturated carbocycles. The zero-order valence-electron chi connectivity index (χ0n) is 22.3. The molecular formula is C28H29F3N6O2S. The summed E-state index contributed by atoms with van der Waals surface area (Å²) >= 11 is 1.04. The van der Waals surface area contributed by atoms with Gasteiger partial charge in [-0.1, -0.05) is 6.07 Å². The Kier molecular flexibility index (Phi) is 7.46. The zero-order valence-corrected chi connectivity index (χ0v) is 23.1. The predicted molar refractivity (Wildman–Crippen MR) is 147 cm³/mol. The van der Waals surface area contributed by atoms with E-state index in [4.69, 9.17) is 4.74 Å². The predicted octanol–water partition coefficient (Wildman–Crippen LogP) is 6.53. The van der Waals surface area contributed by atoms with Crippen molar-refractivity contribution in [2.45, 2.75) is 76.9 Å². The largest absolute Gasteiger partial charge is 0.443 e. The van der Waals surface area contributed by atoms with Crippen LogP contribution in [-0.2, 0) is 17.7 Å². The number of nitrogens with zero attached hydrogens (tertiary/aromatic N) is 4. The van der Waals surface area contributed by atoms with Gasteiger partial charge in [0.15, 0.2) is 0 Å². The number of benzene rings is 1. The average molecular weight is 571 g/mol. The van der Waals surface area contributed by atoms with Crippen molar-refractivity contribution >= 4 is 44.4 Å². The van der Waals surface area contributed by atoms with Crippen molar-refractivity contribution in [3.8, 4) is 6.07 Å². The normalized spacial score (nSPS) is 17.8. The Labute approximate surface area is 233 Å². The smallest absolute Gasteiger partial charge is 0.420 e. The van der Waals surface area contributed by atoms with Crippen molar-refractivity contribution in [2.24, 2.45) is 0 Å². The summed E-state index contributed by atoms with van der Waals surface area (Å²) in [5.41, 5.74) is 1.16. The van der Waals surface area contributed by atoms with Crippen LogP contribution in [0.4, 0.5) is 23.8 Å². The second-order valence-electron chi connectivity index (χ2n) is 11.0. The van der Waals surface area contributed by atoms with Crippen LogP contribution in [0.15, 0.2) is 36.7 Å². The Balaban J connectivity index is 1.22. The van der Waals surface area contributed by atoms with Crippen LogP contribution < -0.4 is 10.6 Å². The van der Waals surface area contributed by atoms with Crippen molar-refractivity contribution in [2.75, 3.05) is 5.32 Å². The van der Waals surface area contributed by atoms with Crippen LogP contribution in [0.5, 0.6) is 0 Å². The van der Waals surface area contributed by atoms with Gasteiger partial charge in [-0.15, -0.1) is 11.3 Å². The lowest BCUT2D eigenvalue weighted by Gasteiger charge is -2.20. The molecule has 8 nitrogen and oxygen atoms in total. The van der Waals surface area contributed by atoms with Crippen molar-refractivity contribution in [3.05, 3.63) is 52.8 Å². The van der Waals surface area contributed by atoms with E-state index in [1.54, 1.807) is 26.8 Å². The minimum absolute atomic E-state index is 0.130. The zero-order chi connectivity index (χ0) is 28.7. The number of ether oxygens (including phenoxy) is 1. The highest BCUT2D eigenvalue weighted by molar-refractivity contribution is 7.18. The van der Waals surface area contributed by atoms with Gasteiger partial charge in [0.1, 0.15) is 34.3 Å². The third kappa shape index (κ3) is 6.37. The van der Waals surface area contributed by atoms with E-state index in [-0.39, 0.29) is 22.7 Å². The van der Waals surface area contributed by atoms with Gasteiger partial charge < -0.3 is 15.4 Å². The number of anilines is 1. The Morgan fingerprint density at radius 3 is 2.67 bits per heavy atom. The molecule has 1 fully saturated rings. The second kappa shape index (κ2) is 10.7. The average Bonchev–Trinajstić information content (AvgIpc) is 3.56. The first kappa shape index (κ1) is 27.9. The molecule has 0 radical (unpaired) electrons. The molecule has 1 aliphatic rings. The van der Waals surface area contributed by atoms with Crippen LogP contribution in [0.3, 0.4) is 0 Å². The topological polar surface area (TPSA) is 105 Å². The molecule has 210 valence electrons. The highest BCUT2D eigenvalue weighted by Crippen LogP contribution is 2.34. The number of fused-ring (bicyclic) bond motifs is 2. The number of hydrogen-bond donors (Lipinski definition) is 2. The van der Waals surface area contributed by atoms with Gasteiger partial charge in [0.05, 0.1) is 17.3 Å². The van der Waals surface area contributed by atoms with Crippen molar-refractivity contribution in [3.63, 3.8) is 0 Å². The molecule has 12 heteroatoms. The summed E-state index contributed by atoms with van der Waals surface area (Å²) in [6.07, 6.45) is -1.78.